The number of nitrogens with zero attached hydrogens (tertiary/aromatic N) is 2. The molecule has 7 nitrogen and oxygen atoms in total. The molecule has 0 aliphatic carbocycles. The van der Waals surface area contributed by atoms with Crippen molar-refractivity contribution in [2.45, 2.75) is 26.0 Å². The quantitative estimate of drug-likeness (QED) is 0.876. The molecular weight excluding hydrogens is 310 g/mol. The summed E-state index contributed by atoms with van der Waals surface area (Å²) < 4.78 is 12.6. The molecule has 1 aliphatic heterocycles. The van der Waals surface area contributed by atoms with Gasteiger partial charge in [0.25, 0.3) is 11.5 Å². The van der Waals surface area contributed by atoms with Crippen LogP contribution in [0.2, 0.25) is 0 Å². The zero-order valence-electron chi connectivity index (χ0n) is 13.4. The SMILES string of the molecule is CCc1cc(=O)n(CCNC(=O)C2COc3ccccc3O2)cn1. The van der Waals surface area contributed by atoms with Crippen molar-refractivity contribution in [2.75, 3.05) is 13.2 Å². The molecule has 0 spiro atoms. The summed E-state index contributed by atoms with van der Waals surface area (Å²) in [5.74, 6) is 0.922. The van der Waals surface area contributed by atoms with Gasteiger partial charge >= 0.3 is 0 Å². The third-order valence-electron chi connectivity index (χ3n) is 3.75. The van der Waals surface area contributed by atoms with Gasteiger partial charge in [-0.25, -0.2) is 4.98 Å². The molecule has 0 saturated carbocycles. The van der Waals surface area contributed by atoms with E-state index in [2.05, 4.69) is 10.3 Å². The number of fused-ring (bicyclic) bond motifs is 1. The van der Waals surface area contributed by atoms with Crippen molar-refractivity contribution in [3.63, 3.8) is 0 Å². The number of ether oxygens (including phenoxy) is 2. The van der Waals surface area contributed by atoms with Crippen LogP contribution in [0, 0.1) is 0 Å². The fraction of sp³-hybridized carbons (Fsp3) is 0.353. The Morgan fingerprint density at radius 3 is 2.92 bits per heavy atom. The summed E-state index contributed by atoms with van der Waals surface area (Å²) in [6.45, 7) is 2.77. The zero-order chi connectivity index (χ0) is 16.9. The topological polar surface area (TPSA) is 82.5 Å². The maximum atomic E-state index is 12.2. The van der Waals surface area contributed by atoms with E-state index in [0.29, 0.717) is 31.0 Å². The van der Waals surface area contributed by atoms with Crippen molar-refractivity contribution in [1.82, 2.24) is 14.9 Å². The molecule has 1 unspecified atom stereocenters. The molecular formula is C17H19N3O4. The van der Waals surface area contributed by atoms with Gasteiger partial charge in [-0.05, 0) is 18.6 Å². The van der Waals surface area contributed by atoms with Gasteiger partial charge in [0.1, 0.15) is 6.61 Å². The highest BCUT2D eigenvalue weighted by molar-refractivity contribution is 5.81. The Labute approximate surface area is 139 Å². The number of para-hydroxylation sites is 2. The molecule has 1 aliphatic rings. The Balaban J connectivity index is 1.52. The van der Waals surface area contributed by atoms with E-state index < -0.39 is 6.10 Å². The maximum absolute atomic E-state index is 12.2. The number of hydrogen-bond donors (Lipinski definition) is 1. The van der Waals surface area contributed by atoms with Crippen molar-refractivity contribution in [3.05, 3.63) is 52.7 Å². The summed E-state index contributed by atoms with van der Waals surface area (Å²) in [7, 11) is 0. The van der Waals surface area contributed by atoms with Crippen LogP contribution < -0.4 is 20.3 Å². The molecule has 1 N–H and O–H groups in total. The highest BCUT2D eigenvalue weighted by Crippen LogP contribution is 2.30. The van der Waals surface area contributed by atoms with Gasteiger partial charge in [-0.2, -0.15) is 0 Å². The monoisotopic (exact) mass is 329 g/mol. The number of carbonyl (C=O) groups excluding carboxylic acids is 1. The van der Waals surface area contributed by atoms with E-state index in [1.54, 1.807) is 12.1 Å². The van der Waals surface area contributed by atoms with Crippen LogP contribution in [-0.4, -0.2) is 34.7 Å². The smallest absolute Gasteiger partial charge is 0.264 e. The molecule has 0 saturated heterocycles. The van der Waals surface area contributed by atoms with Crippen molar-refractivity contribution in [3.8, 4) is 11.5 Å². The summed E-state index contributed by atoms with van der Waals surface area (Å²) in [6, 6.07) is 8.73. The molecule has 126 valence electrons. The predicted molar refractivity (Wildman–Crippen MR) is 87.2 cm³/mol. The Morgan fingerprint density at radius 2 is 2.17 bits per heavy atom. The number of rotatable bonds is 5. The molecule has 7 heteroatoms. The normalized spacial score (nSPS) is 15.8. The Morgan fingerprint density at radius 1 is 1.38 bits per heavy atom. The van der Waals surface area contributed by atoms with E-state index in [9.17, 15) is 9.59 Å². The molecule has 0 bridgehead atoms. The summed E-state index contributed by atoms with van der Waals surface area (Å²) in [5.41, 5.74) is 0.633. The van der Waals surface area contributed by atoms with Crippen molar-refractivity contribution < 1.29 is 14.3 Å². The maximum Gasteiger partial charge on any atom is 0.264 e. The van der Waals surface area contributed by atoms with Crippen molar-refractivity contribution in [1.29, 1.82) is 0 Å². The number of hydrogen-bond acceptors (Lipinski definition) is 5. The summed E-state index contributed by atoms with van der Waals surface area (Å²) >= 11 is 0. The standard InChI is InChI=1S/C17H19N3O4/c1-2-12-9-16(21)20(11-19-12)8-7-18-17(22)15-10-23-13-5-3-4-6-14(13)24-15/h3-6,9,11,15H,2,7-8,10H2,1H3,(H,18,22). The second-order valence-electron chi connectivity index (χ2n) is 5.42. The van der Waals surface area contributed by atoms with E-state index in [1.165, 1.54) is 17.0 Å². The first-order chi connectivity index (χ1) is 11.7. The molecule has 3 rings (SSSR count). The Bertz CT molecular complexity index is 787. The second-order valence-corrected chi connectivity index (χ2v) is 5.42. The van der Waals surface area contributed by atoms with Gasteiger partial charge in [-0.15, -0.1) is 0 Å². The lowest BCUT2D eigenvalue weighted by atomic mass is 10.2. The third kappa shape index (κ3) is 3.56. The molecule has 1 amide bonds. The van der Waals surface area contributed by atoms with Crippen LogP contribution in [0.3, 0.4) is 0 Å². The van der Waals surface area contributed by atoms with Crippen molar-refractivity contribution >= 4 is 5.91 Å². The molecule has 2 aromatic rings. The first-order valence-corrected chi connectivity index (χ1v) is 7.89. The lowest BCUT2D eigenvalue weighted by molar-refractivity contribution is -0.130. The number of nitrogens with one attached hydrogen (secondary N) is 1. The molecule has 24 heavy (non-hydrogen) atoms. The predicted octanol–water partition coefficient (Wildman–Crippen LogP) is 0.762. The molecule has 2 heterocycles. The lowest BCUT2D eigenvalue weighted by Crippen LogP contribution is -2.45. The highest BCUT2D eigenvalue weighted by atomic mass is 16.6. The minimum Gasteiger partial charge on any atom is -0.485 e. The number of aromatic nitrogens is 2. The number of benzene rings is 1. The van der Waals surface area contributed by atoms with Gasteiger partial charge < -0.3 is 14.8 Å². The van der Waals surface area contributed by atoms with Gasteiger partial charge in [-0.3, -0.25) is 14.2 Å². The molecule has 1 aromatic heterocycles. The van der Waals surface area contributed by atoms with Gasteiger partial charge in [-0.1, -0.05) is 19.1 Å². The number of amides is 1. The van der Waals surface area contributed by atoms with Gasteiger partial charge in [0.2, 0.25) is 6.10 Å². The van der Waals surface area contributed by atoms with Crippen LogP contribution in [-0.2, 0) is 17.8 Å². The molecule has 1 atom stereocenters. The van der Waals surface area contributed by atoms with Crippen LogP contribution in [0.5, 0.6) is 11.5 Å². The minimum atomic E-state index is -0.697. The van der Waals surface area contributed by atoms with Crippen molar-refractivity contribution in [2.24, 2.45) is 0 Å². The van der Waals surface area contributed by atoms with Gasteiger partial charge in [0.05, 0.1) is 6.33 Å². The zero-order valence-corrected chi connectivity index (χ0v) is 13.4. The average molecular weight is 329 g/mol. The second kappa shape index (κ2) is 7.16. The number of aryl methyl sites for hydroxylation is 1. The van der Waals surface area contributed by atoms with E-state index in [1.807, 2.05) is 19.1 Å². The Hall–Kier alpha value is -2.83. The van der Waals surface area contributed by atoms with E-state index >= 15 is 0 Å². The van der Waals surface area contributed by atoms with Crippen LogP contribution in [0.1, 0.15) is 12.6 Å². The van der Waals surface area contributed by atoms with E-state index in [4.69, 9.17) is 9.47 Å². The van der Waals surface area contributed by atoms with Crippen LogP contribution >= 0.6 is 0 Å². The fourth-order valence-electron chi connectivity index (χ4n) is 2.39. The van der Waals surface area contributed by atoms with E-state index in [-0.39, 0.29) is 18.1 Å². The largest absolute Gasteiger partial charge is 0.485 e. The molecule has 0 radical (unpaired) electrons. The summed E-state index contributed by atoms with van der Waals surface area (Å²) in [6.07, 6.45) is 1.52. The van der Waals surface area contributed by atoms with Crippen LogP contribution in [0.15, 0.2) is 41.5 Å². The minimum absolute atomic E-state index is 0.123. The van der Waals surface area contributed by atoms with Gasteiger partial charge in [0.15, 0.2) is 11.5 Å². The molecule has 1 aromatic carbocycles. The fourth-order valence-corrected chi connectivity index (χ4v) is 2.39. The lowest BCUT2D eigenvalue weighted by Gasteiger charge is -2.25. The first-order valence-electron chi connectivity index (χ1n) is 7.89. The van der Waals surface area contributed by atoms with Gasteiger partial charge in [0, 0.05) is 24.8 Å². The first kappa shape index (κ1) is 16.0. The number of carbonyl (C=O) groups is 1. The third-order valence-corrected chi connectivity index (χ3v) is 3.75. The summed E-state index contributed by atoms with van der Waals surface area (Å²) in [4.78, 5) is 28.2. The van der Waals surface area contributed by atoms with Crippen LogP contribution in [0.4, 0.5) is 0 Å². The Kier molecular flexibility index (Phi) is 4.79. The highest BCUT2D eigenvalue weighted by Gasteiger charge is 2.26. The van der Waals surface area contributed by atoms with Crippen LogP contribution in [0.25, 0.3) is 0 Å². The van der Waals surface area contributed by atoms with E-state index in [0.717, 1.165) is 5.69 Å². The summed E-state index contributed by atoms with van der Waals surface area (Å²) in [5, 5.41) is 2.76. The molecule has 0 fully saturated rings. The average Bonchev–Trinajstić information content (AvgIpc) is 2.62.